The average Bonchev–Trinajstić information content (AvgIpc) is 2.84. The SMILES string of the molecule is CC12CCC(C1)C(C)(C)C2NC1CCOC2(CCC2)C1. The van der Waals surface area contributed by atoms with E-state index in [1.807, 2.05) is 0 Å². The smallest absolute Gasteiger partial charge is 0.0697 e. The molecular formula is C18H31NO. The van der Waals surface area contributed by atoms with Crippen molar-refractivity contribution in [2.45, 2.75) is 89.8 Å². The van der Waals surface area contributed by atoms with Crippen molar-refractivity contribution in [1.82, 2.24) is 5.32 Å². The Morgan fingerprint density at radius 2 is 1.80 bits per heavy atom. The summed E-state index contributed by atoms with van der Waals surface area (Å²) in [6.45, 7) is 8.54. The van der Waals surface area contributed by atoms with Crippen LogP contribution in [0.25, 0.3) is 0 Å². The van der Waals surface area contributed by atoms with Gasteiger partial charge in [-0.05, 0) is 68.1 Å². The van der Waals surface area contributed by atoms with E-state index in [1.54, 1.807) is 0 Å². The summed E-state index contributed by atoms with van der Waals surface area (Å²) in [7, 11) is 0. The van der Waals surface area contributed by atoms with E-state index in [4.69, 9.17) is 4.74 Å². The highest BCUT2D eigenvalue weighted by Crippen LogP contribution is 2.62. The minimum absolute atomic E-state index is 0.276. The summed E-state index contributed by atoms with van der Waals surface area (Å²) in [5.41, 5.74) is 1.32. The molecule has 1 aliphatic heterocycles. The lowest BCUT2D eigenvalue weighted by Crippen LogP contribution is -2.58. The van der Waals surface area contributed by atoms with Crippen molar-refractivity contribution in [2.24, 2.45) is 16.7 Å². The summed E-state index contributed by atoms with van der Waals surface area (Å²) in [6, 6.07) is 1.42. The third-order valence-corrected chi connectivity index (χ3v) is 7.43. The van der Waals surface area contributed by atoms with Crippen molar-refractivity contribution in [3.05, 3.63) is 0 Å². The fraction of sp³-hybridized carbons (Fsp3) is 1.00. The summed E-state index contributed by atoms with van der Waals surface area (Å²) >= 11 is 0. The van der Waals surface area contributed by atoms with Gasteiger partial charge < -0.3 is 10.1 Å². The van der Waals surface area contributed by atoms with E-state index in [0.29, 0.717) is 22.9 Å². The number of nitrogens with one attached hydrogen (secondary N) is 1. The molecule has 1 saturated heterocycles. The summed E-state index contributed by atoms with van der Waals surface area (Å²) in [6.07, 6.45) is 10.8. The number of hydrogen-bond acceptors (Lipinski definition) is 2. The molecule has 114 valence electrons. The molecule has 20 heavy (non-hydrogen) atoms. The van der Waals surface area contributed by atoms with Gasteiger partial charge in [-0.3, -0.25) is 0 Å². The van der Waals surface area contributed by atoms with Gasteiger partial charge in [-0.1, -0.05) is 20.8 Å². The van der Waals surface area contributed by atoms with E-state index in [2.05, 4.69) is 26.1 Å². The number of hydrogen-bond donors (Lipinski definition) is 1. The van der Waals surface area contributed by atoms with E-state index < -0.39 is 0 Å². The van der Waals surface area contributed by atoms with Gasteiger partial charge >= 0.3 is 0 Å². The lowest BCUT2D eigenvalue weighted by molar-refractivity contribution is -0.138. The molecule has 3 saturated carbocycles. The Labute approximate surface area is 124 Å². The Balaban J connectivity index is 1.48. The Kier molecular flexibility index (Phi) is 2.87. The van der Waals surface area contributed by atoms with Crippen molar-refractivity contribution in [1.29, 1.82) is 0 Å². The third kappa shape index (κ3) is 1.83. The maximum Gasteiger partial charge on any atom is 0.0697 e. The number of ether oxygens (including phenoxy) is 1. The van der Waals surface area contributed by atoms with E-state index in [9.17, 15) is 0 Å². The van der Waals surface area contributed by atoms with Crippen LogP contribution in [0, 0.1) is 16.7 Å². The maximum absolute atomic E-state index is 6.10. The molecule has 4 unspecified atom stereocenters. The normalized spacial score (nSPS) is 48.5. The zero-order valence-corrected chi connectivity index (χ0v) is 13.5. The number of rotatable bonds is 2. The van der Waals surface area contributed by atoms with E-state index >= 15 is 0 Å². The first-order chi connectivity index (χ1) is 9.44. The fourth-order valence-corrected chi connectivity index (χ4v) is 6.04. The molecule has 3 aliphatic carbocycles. The summed E-state index contributed by atoms with van der Waals surface area (Å²) in [4.78, 5) is 0. The maximum atomic E-state index is 6.10. The van der Waals surface area contributed by atoms with Gasteiger partial charge in [0.05, 0.1) is 5.60 Å². The Morgan fingerprint density at radius 3 is 2.40 bits per heavy atom. The second-order valence-electron chi connectivity index (χ2n) is 9.09. The second kappa shape index (κ2) is 4.23. The summed E-state index contributed by atoms with van der Waals surface area (Å²) in [5.74, 6) is 0.947. The first kappa shape index (κ1) is 13.6. The Morgan fingerprint density at radius 1 is 1.00 bits per heavy atom. The number of fused-ring (bicyclic) bond motifs is 2. The van der Waals surface area contributed by atoms with Crippen LogP contribution in [0.3, 0.4) is 0 Å². The van der Waals surface area contributed by atoms with Crippen LogP contribution in [0.1, 0.15) is 72.1 Å². The van der Waals surface area contributed by atoms with Gasteiger partial charge in [0, 0.05) is 18.7 Å². The highest BCUT2D eigenvalue weighted by Gasteiger charge is 2.59. The third-order valence-electron chi connectivity index (χ3n) is 7.43. The van der Waals surface area contributed by atoms with Crippen molar-refractivity contribution in [2.75, 3.05) is 6.61 Å². The highest BCUT2D eigenvalue weighted by atomic mass is 16.5. The van der Waals surface area contributed by atoms with Crippen LogP contribution >= 0.6 is 0 Å². The van der Waals surface area contributed by atoms with Crippen molar-refractivity contribution in [3.63, 3.8) is 0 Å². The minimum atomic E-state index is 0.276. The van der Waals surface area contributed by atoms with Gasteiger partial charge in [-0.15, -0.1) is 0 Å². The van der Waals surface area contributed by atoms with Crippen LogP contribution in [0.5, 0.6) is 0 Å². The molecule has 2 bridgehead atoms. The molecular weight excluding hydrogens is 246 g/mol. The molecule has 1 N–H and O–H groups in total. The average molecular weight is 277 g/mol. The predicted octanol–water partition coefficient (Wildman–Crippen LogP) is 3.89. The van der Waals surface area contributed by atoms with Gasteiger partial charge in [-0.2, -0.15) is 0 Å². The lowest BCUT2D eigenvalue weighted by atomic mass is 9.67. The first-order valence-corrected chi connectivity index (χ1v) is 8.84. The Hall–Kier alpha value is -0.0800. The standard InChI is InChI=1S/C18H31NO/c1-16(2)13-5-9-17(3,11-13)15(16)19-14-6-10-20-18(12-14)7-4-8-18/h13-15,19H,4-12H2,1-3H3. The van der Waals surface area contributed by atoms with E-state index in [0.717, 1.165) is 12.5 Å². The molecule has 2 nitrogen and oxygen atoms in total. The first-order valence-electron chi connectivity index (χ1n) is 8.84. The molecule has 1 spiro atoms. The summed E-state index contributed by atoms with van der Waals surface area (Å²) in [5, 5.41) is 4.12. The van der Waals surface area contributed by atoms with Crippen LogP contribution in [0.4, 0.5) is 0 Å². The van der Waals surface area contributed by atoms with Gasteiger partial charge in [0.1, 0.15) is 0 Å². The quantitative estimate of drug-likeness (QED) is 0.826. The second-order valence-corrected chi connectivity index (χ2v) is 9.09. The van der Waals surface area contributed by atoms with Crippen molar-refractivity contribution >= 4 is 0 Å². The van der Waals surface area contributed by atoms with Crippen LogP contribution in [0.15, 0.2) is 0 Å². The molecule has 1 heterocycles. The van der Waals surface area contributed by atoms with Gasteiger partial charge in [0.15, 0.2) is 0 Å². The summed E-state index contributed by atoms with van der Waals surface area (Å²) < 4.78 is 6.10. The molecule has 2 heteroatoms. The highest BCUT2D eigenvalue weighted by molar-refractivity contribution is 5.13. The van der Waals surface area contributed by atoms with Gasteiger partial charge in [0.2, 0.25) is 0 Å². The fourth-order valence-electron chi connectivity index (χ4n) is 6.04. The van der Waals surface area contributed by atoms with Crippen molar-refractivity contribution in [3.8, 4) is 0 Å². The Bertz CT molecular complexity index is 395. The molecule has 0 aromatic rings. The van der Waals surface area contributed by atoms with E-state index in [1.165, 1.54) is 51.4 Å². The molecule has 0 amide bonds. The largest absolute Gasteiger partial charge is 0.375 e. The monoisotopic (exact) mass is 277 g/mol. The lowest BCUT2D eigenvalue weighted by Gasteiger charge is -2.50. The zero-order valence-electron chi connectivity index (χ0n) is 13.5. The topological polar surface area (TPSA) is 21.3 Å². The van der Waals surface area contributed by atoms with Gasteiger partial charge in [-0.25, -0.2) is 0 Å². The van der Waals surface area contributed by atoms with Crippen LogP contribution < -0.4 is 5.32 Å². The van der Waals surface area contributed by atoms with Crippen LogP contribution in [-0.4, -0.2) is 24.3 Å². The van der Waals surface area contributed by atoms with Crippen molar-refractivity contribution < 1.29 is 4.74 Å². The minimum Gasteiger partial charge on any atom is -0.375 e. The molecule has 4 fully saturated rings. The molecule has 4 aliphatic rings. The molecule has 0 radical (unpaired) electrons. The molecule has 4 rings (SSSR count). The predicted molar refractivity (Wildman–Crippen MR) is 81.7 cm³/mol. The molecule has 0 aromatic heterocycles. The van der Waals surface area contributed by atoms with Gasteiger partial charge in [0.25, 0.3) is 0 Å². The van der Waals surface area contributed by atoms with Crippen LogP contribution in [-0.2, 0) is 4.74 Å². The van der Waals surface area contributed by atoms with Crippen LogP contribution in [0.2, 0.25) is 0 Å². The molecule has 4 atom stereocenters. The molecule has 0 aromatic carbocycles. The van der Waals surface area contributed by atoms with E-state index in [-0.39, 0.29) is 5.60 Å². The zero-order chi connectivity index (χ0) is 14.0.